The molecule has 1 aromatic heterocycles. The molecule has 1 heterocycles. The van der Waals surface area contributed by atoms with Crippen molar-refractivity contribution in [2.75, 3.05) is 6.54 Å². The number of carbonyl (C=O) groups excluding carboxylic acids is 2. The van der Waals surface area contributed by atoms with Crippen LogP contribution in [0.2, 0.25) is 0 Å². The Bertz CT molecular complexity index is 567. The number of primary amides is 1. The molecule has 2 aromatic rings. The fourth-order valence-corrected chi connectivity index (χ4v) is 2.50. The van der Waals surface area contributed by atoms with Crippen molar-refractivity contribution in [2.24, 2.45) is 5.73 Å². The largest absolute Gasteiger partial charge is 0.370 e. The Hall–Kier alpha value is -2.14. The Morgan fingerprint density at radius 2 is 1.90 bits per heavy atom. The minimum atomic E-state index is -0.402. The predicted molar refractivity (Wildman–Crippen MR) is 79.3 cm³/mol. The van der Waals surface area contributed by atoms with Gasteiger partial charge in [0.2, 0.25) is 5.91 Å². The highest BCUT2D eigenvalue weighted by molar-refractivity contribution is 7.08. The highest BCUT2D eigenvalue weighted by atomic mass is 32.1. The second kappa shape index (κ2) is 6.86. The molecule has 0 saturated carbocycles. The molecule has 1 aromatic carbocycles. The number of thiophene rings is 1. The van der Waals surface area contributed by atoms with Crippen molar-refractivity contribution in [3.8, 4) is 0 Å². The molecule has 4 nitrogen and oxygen atoms in total. The first-order valence-corrected chi connectivity index (χ1v) is 7.25. The smallest absolute Gasteiger partial charge is 0.255 e. The molecule has 0 aliphatic heterocycles. The summed E-state index contributed by atoms with van der Waals surface area (Å²) in [7, 11) is 0. The lowest BCUT2D eigenvalue weighted by Gasteiger charge is -2.22. The molecule has 5 heteroatoms. The summed E-state index contributed by atoms with van der Waals surface area (Å²) >= 11 is 1.48. The van der Waals surface area contributed by atoms with Gasteiger partial charge in [0, 0.05) is 24.9 Å². The van der Waals surface area contributed by atoms with Crippen molar-refractivity contribution >= 4 is 23.2 Å². The zero-order valence-electron chi connectivity index (χ0n) is 11.0. The van der Waals surface area contributed by atoms with Crippen LogP contribution in [0.5, 0.6) is 0 Å². The van der Waals surface area contributed by atoms with Gasteiger partial charge in [-0.1, -0.05) is 30.3 Å². The van der Waals surface area contributed by atoms with Crippen LogP contribution in [-0.4, -0.2) is 23.3 Å². The quantitative estimate of drug-likeness (QED) is 0.886. The maximum atomic E-state index is 12.4. The summed E-state index contributed by atoms with van der Waals surface area (Å²) in [6.45, 7) is 0.807. The van der Waals surface area contributed by atoms with Gasteiger partial charge in [0.1, 0.15) is 0 Å². The minimum Gasteiger partial charge on any atom is -0.370 e. The fourth-order valence-electron chi connectivity index (χ4n) is 1.87. The van der Waals surface area contributed by atoms with Gasteiger partial charge >= 0.3 is 0 Å². The molecule has 20 heavy (non-hydrogen) atoms. The van der Waals surface area contributed by atoms with Gasteiger partial charge in [-0.15, -0.1) is 0 Å². The molecule has 0 fully saturated rings. The van der Waals surface area contributed by atoms with E-state index >= 15 is 0 Å². The van der Waals surface area contributed by atoms with E-state index in [1.54, 1.807) is 11.0 Å². The molecule has 2 N–H and O–H groups in total. The molecule has 2 rings (SSSR count). The van der Waals surface area contributed by atoms with E-state index in [1.807, 2.05) is 41.1 Å². The van der Waals surface area contributed by atoms with Crippen LogP contribution in [0.1, 0.15) is 22.3 Å². The summed E-state index contributed by atoms with van der Waals surface area (Å²) < 4.78 is 0. The number of nitrogens with zero attached hydrogens (tertiary/aromatic N) is 1. The number of benzene rings is 1. The summed E-state index contributed by atoms with van der Waals surface area (Å²) in [4.78, 5) is 25.0. The second-order valence-corrected chi connectivity index (χ2v) is 5.22. The summed E-state index contributed by atoms with van der Waals surface area (Å²) in [5.74, 6) is -0.475. The predicted octanol–water partition coefficient (Wildman–Crippen LogP) is 2.27. The van der Waals surface area contributed by atoms with Crippen LogP contribution in [0, 0.1) is 0 Å². The van der Waals surface area contributed by atoms with E-state index in [-0.39, 0.29) is 12.3 Å². The highest BCUT2D eigenvalue weighted by Crippen LogP contribution is 2.13. The summed E-state index contributed by atoms with van der Waals surface area (Å²) in [5, 5.41) is 3.67. The second-order valence-electron chi connectivity index (χ2n) is 4.44. The van der Waals surface area contributed by atoms with Crippen molar-refractivity contribution in [1.82, 2.24) is 4.90 Å². The molecule has 0 atom stereocenters. The van der Waals surface area contributed by atoms with Crippen LogP contribution in [0.25, 0.3) is 0 Å². The zero-order valence-corrected chi connectivity index (χ0v) is 11.8. The molecule has 0 spiro atoms. The van der Waals surface area contributed by atoms with Crippen LogP contribution >= 0.6 is 11.3 Å². The average Bonchev–Trinajstić information content (AvgIpc) is 2.97. The third kappa shape index (κ3) is 3.93. The van der Waals surface area contributed by atoms with Gasteiger partial charge in [-0.3, -0.25) is 9.59 Å². The van der Waals surface area contributed by atoms with E-state index in [9.17, 15) is 9.59 Å². The van der Waals surface area contributed by atoms with Gasteiger partial charge in [-0.05, 0) is 17.0 Å². The van der Waals surface area contributed by atoms with E-state index < -0.39 is 5.91 Å². The lowest BCUT2D eigenvalue weighted by atomic mass is 10.2. The minimum absolute atomic E-state index is 0.0728. The van der Waals surface area contributed by atoms with Gasteiger partial charge in [-0.2, -0.15) is 11.3 Å². The molecular formula is C15H16N2O2S. The van der Waals surface area contributed by atoms with Crippen LogP contribution in [0.15, 0.2) is 47.2 Å². The fraction of sp³-hybridized carbons (Fsp3) is 0.200. The molecule has 0 radical (unpaired) electrons. The Labute approximate surface area is 121 Å². The van der Waals surface area contributed by atoms with Gasteiger partial charge in [-0.25, -0.2) is 0 Å². The maximum Gasteiger partial charge on any atom is 0.255 e. The van der Waals surface area contributed by atoms with Gasteiger partial charge in [0.05, 0.1) is 5.56 Å². The molecule has 0 bridgehead atoms. The molecule has 104 valence electrons. The van der Waals surface area contributed by atoms with Crippen LogP contribution in [-0.2, 0) is 11.3 Å². The third-order valence-electron chi connectivity index (χ3n) is 2.90. The Morgan fingerprint density at radius 1 is 1.15 bits per heavy atom. The van der Waals surface area contributed by atoms with Crippen molar-refractivity contribution in [3.05, 3.63) is 58.3 Å². The number of amides is 2. The van der Waals surface area contributed by atoms with Crippen LogP contribution in [0.3, 0.4) is 0 Å². The monoisotopic (exact) mass is 288 g/mol. The number of rotatable bonds is 6. The lowest BCUT2D eigenvalue weighted by Crippen LogP contribution is -2.33. The topological polar surface area (TPSA) is 63.4 Å². The number of carbonyl (C=O) groups is 2. The lowest BCUT2D eigenvalue weighted by molar-refractivity contribution is -0.118. The van der Waals surface area contributed by atoms with Crippen LogP contribution < -0.4 is 5.73 Å². The molecule has 2 amide bonds. The average molecular weight is 288 g/mol. The first kappa shape index (κ1) is 14.3. The van der Waals surface area contributed by atoms with Crippen LogP contribution in [0.4, 0.5) is 0 Å². The van der Waals surface area contributed by atoms with E-state index in [4.69, 9.17) is 5.73 Å². The van der Waals surface area contributed by atoms with Crippen molar-refractivity contribution in [2.45, 2.75) is 13.0 Å². The van der Waals surface area contributed by atoms with Crippen molar-refractivity contribution in [1.29, 1.82) is 0 Å². The van der Waals surface area contributed by atoms with Crippen molar-refractivity contribution in [3.63, 3.8) is 0 Å². The number of nitrogens with two attached hydrogens (primary N) is 1. The van der Waals surface area contributed by atoms with E-state index in [2.05, 4.69) is 0 Å². The first-order valence-electron chi connectivity index (χ1n) is 6.30. The Morgan fingerprint density at radius 3 is 2.50 bits per heavy atom. The van der Waals surface area contributed by atoms with E-state index in [0.29, 0.717) is 18.7 Å². The van der Waals surface area contributed by atoms with Gasteiger partial charge in [0.15, 0.2) is 0 Å². The first-order chi connectivity index (χ1) is 9.66. The molecular weight excluding hydrogens is 272 g/mol. The molecule has 0 unspecified atom stereocenters. The Balaban J connectivity index is 2.12. The molecule has 0 saturated heterocycles. The zero-order chi connectivity index (χ0) is 14.4. The summed E-state index contributed by atoms with van der Waals surface area (Å²) in [6, 6.07) is 11.5. The van der Waals surface area contributed by atoms with E-state index in [0.717, 1.165) is 5.56 Å². The van der Waals surface area contributed by atoms with Gasteiger partial charge in [0.25, 0.3) is 5.91 Å². The SMILES string of the molecule is NC(=O)CCN(Cc1ccccc1)C(=O)c1ccsc1. The highest BCUT2D eigenvalue weighted by Gasteiger charge is 2.17. The number of hydrogen-bond donors (Lipinski definition) is 1. The standard InChI is InChI=1S/C15H16N2O2S/c16-14(18)6-8-17(10-12-4-2-1-3-5-12)15(19)13-7-9-20-11-13/h1-5,7,9,11H,6,8,10H2,(H2,16,18). The summed E-state index contributed by atoms with van der Waals surface area (Å²) in [5.41, 5.74) is 6.85. The normalized spacial score (nSPS) is 10.2. The number of hydrogen-bond acceptors (Lipinski definition) is 3. The van der Waals surface area contributed by atoms with Gasteiger partial charge < -0.3 is 10.6 Å². The van der Waals surface area contributed by atoms with E-state index in [1.165, 1.54) is 11.3 Å². The molecule has 0 aliphatic rings. The Kier molecular flexibility index (Phi) is 4.90. The third-order valence-corrected chi connectivity index (χ3v) is 3.58. The molecule has 0 aliphatic carbocycles. The summed E-state index contributed by atoms with van der Waals surface area (Å²) in [6.07, 6.45) is 0.169. The van der Waals surface area contributed by atoms with Crippen molar-refractivity contribution < 1.29 is 9.59 Å². The maximum absolute atomic E-state index is 12.4.